The van der Waals surface area contributed by atoms with E-state index in [2.05, 4.69) is 69.1 Å². The van der Waals surface area contributed by atoms with Crippen molar-refractivity contribution >= 4 is 21.7 Å². The van der Waals surface area contributed by atoms with E-state index >= 15 is 0 Å². The lowest BCUT2D eigenvalue weighted by Crippen LogP contribution is -1.89. The molecular formula is C18H21N. The van der Waals surface area contributed by atoms with Crippen molar-refractivity contribution < 1.29 is 0 Å². The molecule has 0 saturated heterocycles. The quantitative estimate of drug-likeness (QED) is 0.613. The Morgan fingerprint density at radius 2 is 1.63 bits per heavy atom. The van der Waals surface area contributed by atoms with Crippen LogP contribution in [0.2, 0.25) is 0 Å². The first-order valence-electron chi connectivity index (χ1n) is 7.12. The number of aromatic nitrogens is 1. The van der Waals surface area contributed by atoms with Crippen LogP contribution < -0.4 is 0 Å². The molecule has 0 atom stereocenters. The van der Waals surface area contributed by atoms with Crippen molar-refractivity contribution in [2.75, 3.05) is 0 Å². The van der Waals surface area contributed by atoms with Crippen LogP contribution in [0.25, 0.3) is 21.7 Å². The minimum atomic E-state index is 0.538. The number of benzene rings is 2. The molecule has 1 nitrogen and oxygen atoms in total. The molecule has 0 radical (unpaired) electrons. The Morgan fingerprint density at radius 3 is 2.32 bits per heavy atom. The summed E-state index contributed by atoms with van der Waals surface area (Å²) in [6.45, 7) is 8.97. The lowest BCUT2D eigenvalue weighted by atomic mass is 9.95. The Hall–Kier alpha value is -1.76. The van der Waals surface area contributed by atoms with Crippen LogP contribution in [-0.4, -0.2) is 4.98 Å². The molecule has 0 fully saturated rings. The zero-order valence-corrected chi connectivity index (χ0v) is 12.1. The van der Waals surface area contributed by atoms with Gasteiger partial charge in [-0.3, -0.25) is 0 Å². The standard InChI is InChI=1S/C18H21N/c1-11(2)14-6-5-7-16-15(14)9-8-13-10-17(12(3)4)19-18(13)16/h5-12,19H,1-4H3. The lowest BCUT2D eigenvalue weighted by Gasteiger charge is -2.10. The minimum Gasteiger partial charge on any atom is -0.358 e. The first-order chi connectivity index (χ1) is 9.08. The second-order valence-corrected chi connectivity index (χ2v) is 6.01. The van der Waals surface area contributed by atoms with Gasteiger partial charge in [0.2, 0.25) is 0 Å². The molecule has 0 aliphatic heterocycles. The van der Waals surface area contributed by atoms with E-state index in [1.54, 1.807) is 0 Å². The SMILES string of the molecule is CC(C)c1cc2ccc3c(C(C)C)cccc3c2[nH]1. The molecule has 0 bridgehead atoms. The van der Waals surface area contributed by atoms with Crippen molar-refractivity contribution in [3.63, 3.8) is 0 Å². The molecule has 19 heavy (non-hydrogen) atoms. The average molecular weight is 251 g/mol. The van der Waals surface area contributed by atoms with Crippen LogP contribution in [0.4, 0.5) is 0 Å². The number of hydrogen-bond acceptors (Lipinski definition) is 0. The molecule has 1 heteroatoms. The Balaban J connectivity index is 2.37. The highest BCUT2D eigenvalue weighted by Crippen LogP contribution is 2.32. The Kier molecular flexibility index (Phi) is 2.85. The van der Waals surface area contributed by atoms with Crippen LogP contribution in [0.15, 0.2) is 36.4 Å². The van der Waals surface area contributed by atoms with Crippen molar-refractivity contribution in [3.8, 4) is 0 Å². The zero-order chi connectivity index (χ0) is 13.6. The van der Waals surface area contributed by atoms with Crippen molar-refractivity contribution in [3.05, 3.63) is 47.7 Å². The first kappa shape index (κ1) is 12.3. The van der Waals surface area contributed by atoms with Gasteiger partial charge in [0.05, 0.1) is 5.52 Å². The van der Waals surface area contributed by atoms with E-state index in [4.69, 9.17) is 0 Å². The summed E-state index contributed by atoms with van der Waals surface area (Å²) in [5.41, 5.74) is 4.03. The second-order valence-electron chi connectivity index (χ2n) is 6.01. The monoisotopic (exact) mass is 251 g/mol. The second kappa shape index (κ2) is 4.41. The molecule has 0 aliphatic rings. The van der Waals surface area contributed by atoms with Crippen LogP contribution in [0.5, 0.6) is 0 Å². The van der Waals surface area contributed by atoms with Gasteiger partial charge in [0, 0.05) is 16.5 Å². The highest BCUT2D eigenvalue weighted by molar-refractivity contribution is 6.07. The topological polar surface area (TPSA) is 15.8 Å². The molecule has 98 valence electrons. The van der Waals surface area contributed by atoms with Crippen molar-refractivity contribution in [2.45, 2.75) is 39.5 Å². The van der Waals surface area contributed by atoms with E-state index in [1.165, 1.54) is 32.9 Å². The predicted molar refractivity (Wildman–Crippen MR) is 84.0 cm³/mol. The highest BCUT2D eigenvalue weighted by Gasteiger charge is 2.10. The van der Waals surface area contributed by atoms with Gasteiger partial charge in [-0.25, -0.2) is 0 Å². The Morgan fingerprint density at radius 1 is 0.842 bits per heavy atom. The molecule has 1 aromatic heterocycles. The van der Waals surface area contributed by atoms with E-state index < -0.39 is 0 Å². The largest absolute Gasteiger partial charge is 0.358 e. The molecule has 3 rings (SSSR count). The van der Waals surface area contributed by atoms with Crippen molar-refractivity contribution in [2.24, 2.45) is 0 Å². The molecule has 0 unspecified atom stereocenters. The summed E-state index contributed by atoms with van der Waals surface area (Å²) in [5.74, 6) is 1.09. The Labute approximate surface area is 114 Å². The molecule has 0 saturated carbocycles. The molecule has 1 heterocycles. The number of aromatic amines is 1. The number of hydrogen-bond donors (Lipinski definition) is 1. The van der Waals surface area contributed by atoms with E-state index in [1.807, 2.05) is 0 Å². The molecule has 3 aromatic rings. The number of fused-ring (bicyclic) bond motifs is 3. The first-order valence-corrected chi connectivity index (χ1v) is 7.12. The molecule has 1 N–H and O–H groups in total. The summed E-state index contributed by atoms with van der Waals surface area (Å²) >= 11 is 0. The molecule has 0 aliphatic carbocycles. The number of nitrogens with one attached hydrogen (secondary N) is 1. The molecular weight excluding hydrogens is 230 g/mol. The number of H-pyrrole nitrogens is 1. The van der Waals surface area contributed by atoms with Crippen LogP contribution >= 0.6 is 0 Å². The van der Waals surface area contributed by atoms with Crippen LogP contribution in [0.1, 0.15) is 50.8 Å². The third-order valence-corrected chi connectivity index (χ3v) is 3.95. The fraction of sp³-hybridized carbons (Fsp3) is 0.333. The summed E-state index contributed by atoms with van der Waals surface area (Å²) in [6.07, 6.45) is 0. The third-order valence-electron chi connectivity index (χ3n) is 3.95. The summed E-state index contributed by atoms with van der Waals surface area (Å²) in [7, 11) is 0. The Bertz CT molecular complexity index is 732. The van der Waals surface area contributed by atoms with E-state index in [0.29, 0.717) is 11.8 Å². The number of rotatable bonds is 2. The van der Waals surface area contributed by atoms with Gasteiger partial charge in [0.15, 0.2) is 0 Å². The van der Waals surface area contributed by atoms with E-state index in [-0.39, 0.29) is 0 Å². The maximum absolute atomic E-state index is 3.60. The van der Waals surface area contributed by atoms with Gasteiger partial charge < -0.3 is 4.98 Å². The minimum absolute atomic E-state index is 0.538. The van der Waals surface area contributed by atoms with Crippen LogP contribution in [-0.2, 0) is 0 Å². The van der Waals surface area contributed by atoms with Gasteiger partial charge in [-0.2, -0.15) is 0 Å². The predicted octanol–water partition coefficient (Wildman–Crippen LogP) is 5.57. The average Bonchev–Trinajstić information content (AvgIpc) is 2.82. The third kappa shape index (κ3) is 1.94. The smallest absolute Gasteiger partial charge is 0.0535 e. The van der Waals surface area contributed by atoms with E-state index in [0.717, 1.165) is 0 Å². The molecule has 0 spiro atoms. The molecule has 0 amide bonds. The van der Waals surface area contributed by atoms with E-state index in [9.17, 15) is 0 Å². The van der Waals surface area contributed by atoms with Gasteiger partial charge in [-0.15, -0.1) is 0 Å². The highest BCUT2D eigenvalue weighted by atomic mass is 14.7. The lowest BCUT2D eigenvalue weighted by molar-refractivity contribution is 0.837. The summed E-state index contributed by atoms with van der Waals surface area (Å²) in [5, 5.41) is 4.04. The van der Waals surface area contributed by atoms with Crippen LogP contribution in [0.3, 0.4) is 0 Å². The van der Waals surface area contributed by atoms with Gasteiger partial charge in [0.25, 0.3) is 0 Å². The van der Waals surface area contributed by atoms with Crippen molar-refractivity contribution in [1.29, 1.82) is 0 Å². The van der Waals surface area contributed by atoms with Crippen LogP contribution in [0, 0.1) is 0 Å². The van der Waals surface area contributed by atoms with Gasteiger partial charge in [0.1, 0.15) is 0 Å². The normalized spacial score (nSPS) is 12.1. The van der Waals surface area contributed by atoms with Gasteiger partial charge in [-0.1, -0.05) is 58.0 Å². The summed E-state index contributed by atoms with van der Waals surface area (Å²) < 4.78 is 0. The maximum atomic E-state index is 3.60. The molecule has 2 aromatic carbocycles. The summed E-state index contributed by atoms with van der Waals surface area (Å²) in [6, 6.07) is 13.4. The summed E-state index contributed by atoms with van der Waals surface area (Å²) in [4.78, 5) is 3.60. The fourth-order valence-corrected chi connectivity index (χ4v) is 2.82. The maximum Gasteiger partial charge on any atom is 0.0535 e. The zero-order valence-electron chi connectivity index (χ0n) is 12.1. The van der Waals surface area contributed by atoms with Gasteiger partial charge >= 0.3 is 0 Å². The van der Waals surface area contributed by atoms with Gasteiger partial charge in [-0.05, 0) is 28.9 Å². The fourth-order valence-electron chi connectivity index (χ4n) is 2.82. The van der Waals surface area contributed by atoms with Crippen molar-refractivity contribution in [1.82, 2.24) is 4.98 Å².